The average molecular weight is 259 g/mol. The van der Waals surface area contributed by atoms with Gasteiger partial charge in [0.1, 0.15) is 11.8 Å². The van der Waals surface area contributed by atoms with Crippen molar-refractivity contribution < 1.29 is 9.84 Å². The van der Waals surface area contributed by atoms with Crippen molar-refractivity contribution in [3.8, 4) is 6.07 Å². The molecule has 0 radical (unpaired) electrons. The lowest BCUT2D eigenvalue weighted by Gasteiger charge is -2.45. The quantitative estimate of drug-likeness (QED) is 0.772. The third kappa shape index (κ3) is 2.23. The van der Waals surface area contributed by atoms with E-state index in [2.05, 4.69) is 16.4 Å². The van der Waals surface area contributed by atoms with Crippen LogP contribution in [0.3, 0.4) is 0 Å². The van der Waals surface area contributed by atoms with E-state index in [0.29, 0.717) is 31.7 Å². The van der Waals surface area contributed by atoms with Gasteiger partial charge in [-0.25, -0.2) is 4.98 Å². The molecular formula is C14H17N3O2. The fourth-order valence-corrected chi connectivity index (χ4v) is 3.10. The number of hydrogen-bond donors (Lipinski definition) is 2. The SMILES string of the molecule is Cc1cc(C2(O)CC3COCC(C2)N3)cnc1C#N. The van der Waals surface area contributed by atoms with Crippen LogP contribution < -0.4 is 5.32 Å². The molecule has 2 saturated heterocycles. The van der Waals surface area contributed by atoms with Crippen molar-refractivity contribution in [2.45, 2.75) is 37.5 Å². The Morgan fingerprint density at radius 3 is 2.74 bits per heavy atom. The van der Waals surface area contributed by atoms with E-state index in [0.717, 1.165) is 11.1 Å². The Hall–Kier alpha value is -1.48. The Labute approximate surface area is 112 Å². The summed E-state index contributed by atoms with van der Waals surface area (Å²) in [5.41, 5.74) is 1.18. The van der Waals surface area contributed by atoms with Gasteiger partial charge in [0.05, 0.1) is 18.8 Å². The molecule has 1 aromatic heterocycles. The lowest BCUT2D eigenvalue weighted by Crippen LogP contribution is -2.58. The maximum absolute atomic E-state index is 10.9. The van der Waals surface area contributed by atoms with Gasteiger partial charge in [-0.3, -0.25) is 0 Å². The summed E-state index contributed by atoms with van der Waals surface area (Å²) in [5.74, 6) is 0. The zero-order chi connectivity index (χ0) is 13.5. The van der Waals surface area contributed by atoms with Crippen LogP contribution in [0.25, 0.3) is 0 Å². The number of aliphatic hydroxyl groups is 1. The third-order valence-electron chi connectivity index (χ3n) is 4.00. The van der Waals surface area contributed by atoms with Gasteiger partial charge in [0.15, 0.2) is 0 Å². The molecule has 0 spiro atoms. The molecular weight excluding hydrogens is 242 g/mol. The molecule has 0 saturated carbocycles. The fourth-order valence-electron chi connectivity index (χ4n) is 3.10. The van der Waals surface area contributed by atoms with Crippen LogP contribution in [0, 0.1) is 18.3 Å². The van der Waals surface area contributed by atoms with Crippen molar-refractivity contribution in [1.29, 1.82) is 5.26 Å². The first-order valence-corrected chi connectivity index (χ1v) is 6.54. The van der Waals surface area contributed by atoms with Crippen LogP contribution in [0.2, 0.25) is 0 Å². The number of aryl methyl sites for hydroxylation is 1. The van der Waals surface area contributed by atoms with E-state index in [-0.39, 0.29) is 12.1 Å². The predicted octanol–water partition coefficient (Wildman–Crippen LogP) is 0.600. The molecule has 5 nitrogen and oxygen atoms in total. The summed E-state index contributed by atoms with van der Waals surface area (Å²) >= 11 is 0. The van der Waals surface area contributed by atoms with Crippen LogP contribution >= 0.6 is 0 Å². The topological polar surface area (TPSA) is 78.2 Å². The lowest BCUT2D eigenvalue weighted by atomic mass is 9.78. The Kier molecular flexibility index (Phi) is 3.02. The number of morpholine rings is 1. The first kappa shape index (κ1) is 12.5. The lowest BCUT2D eigenvalue weighted by molar-refractivity contribution is -0.0804. The fraction of sp³-hybridized carbons (Fsp3) is 0.571. The predicted molar refractivity (Wildman–Crippen MR) is 68.4 cm³/mol. The van der Waals surface area contributed by atoms with Crippen molar-refractivity contribution in [2.24, 2.45) is 0 Å². The number of hydrogen-bond acceptors (Lipinski definition) is 5. The number of nitriles is 1. The molecule has 0 aromatic carbocycles. The molecule has 2 aliphatic heterocycles. The molecule has 0 aliphatic carbocycles. The van der Waals surface area contributed by atoms with Gasteiger partial charge in [0.25, 0.3) is 0 Å². The zero-order valence-electron chi connectivity index (χ0n) is 10.9. The molecule has 0 amide bonds. The Morgan fingerprint density at radius 2 is 2.16 bits per heavy atom. The van der Waals surface area contributed by atoms with Gasteiger partial charge in [-0.15, -0.1) is 0 Å². The molecule has 2 unspecified atom stereocenters. The molecule has 19 heavy (non-hydrogen) atoms. The first-order valence-electron chi connectivity index (χ1n) is 6.54. The molecule has 2 bridgehead atoms. The smallest absolute Gasteiger partial charge is 0.143 e. The van der Waals surface area contributed by atoms with Crippen molar-refractivity contribution in [1.82, 2.24) is 10.3 Å². The van der Waals surface area contributed by atoms with Gasteiger partial charge in [-0.05, 0) is 31.4 Å². The van der Waals surface area contributed by atoms with Crippen molar-refractivity contribution in [3.63, 3.8) is 0 Å². The van der Waals surface area contributed by atoms with Crippen molar-refractivity contribution >= 4 is 0 Å². The molecule has 2 aliphatic rings. The second-order valence-electron chi connectivity index (χ2n) is 5.54. The number of pyridine rings is 1. The Morgan fingerprint density at radius 1 is 1.47 bits per heavy atom. The van der Waals surface area contributed by atoms with Gasteiger partial charge >= 0.3 is 0 Å². The number of ether oxygens (including phenoxy) is 1. The second-order valence-corrected chi connectivity index (χ2v) is 5.54. The molecule has 2 fully saturated rings. The molecule has 3 heterocycles. The Balaban J connectivity index is 1.92. The normalized spacial score (nSPS) is 33.7. The van der Waals surface area contributed by atoms with E-state index in [1.54, 1.807) is 6.20 Å². The summed E-state index contributed by atoms with van der Waals surface area (Å²) in [5, 5.41) is 23.3. The van der Waals surface area contributed by atoms with Gasteiger partial charge in [-0.2, -0.15) is 5.26 Å². The number of piperidine rings is 1. The van der Waals surface area contributed by atoms with E-state index in [1.165, 1.54) is 0 Å². The van der Waals surface area contributed by atoms with Gasteiger partial charge < -0.3 is 15.2 Å². The highest BCUT2D eigenvalue weighted by molar-refractivity contribution is 5.35. The zero-order valence-corrected chi connectivity index (χ0v) is 10.9. The van der Waals surface area contributed by atoms with E-state index in [4.69, 9.17) is 10.00 Å². The van der Waals surface area contributed by atoms with Gasteiger partial charge in [-0.1, -0.05) is 0 Å². The van der Waals surface area contributed by atoms with E-state index >= 15 is 0 Å². The largest absolute Gasteiger partial charge is 0.385 e. The summed E-state index contributed by atoms with van der Waals surface area (Å²) in [4.78, 5) is 4.14. The molecule has 2 atom stereocenters. The number of nitrogens with one attached hydrogen (secondary N) is 1. The third-order valence-corrected chi connectivity index (χ3v) is 4.00. The summed E-state index contributed by atoms with van der Waals surface area (Å²) < 4.78 is 5.49. The number of fused-ring (bicyclic) bond motifs is 2. The molecule has 1 aromatic rings. The van der Waals surface area contributed by atoms with Crippen LogP contribution in [0.1, 0.15) is 29.7 Å². The highest BCUT2D eigenvalue weighted by Gasteiger charge is 2.42. The molecule has 100 valence electrons. The van der Waals surface area contributed by atoms with Crippen LogP contribution in [0.5, 0.6) is 0 Å². The van der Waals surface area contributed by atoms with Crippen LogP contribution in [-0.2, 0) is 10.3 Å². The minimum atomic E-state index is -0.865. The maximum atomic E-state index is 10.9. The first-order chi connectivity index (χ1) is 9.10. The number of aromatic nitrogens is 1. The summed E-state index contributed by atoms with van der Waals surface area (Å²) in [6.07, 6.45) is 2.88. The number of nitrogens with zero attached hydrogens (tertiary/aromatic N) is 2. The van der Waals surface area contributed by atoms with E-state index in [1.807, 2.05) is 13.0 Å². The van der Waals surface area contributed by atoms with Gasteiger partial charge in [0.2, 0.25) is 0 Å². The second kappa shape index (κ2) is 4.57. The molecule has 2 N–H and O–H groups in total. The van der Waals surface area contributed by atoms with Crippen LogP contribution in [0.15, 0.2) is 12.3 Å². The number of rotatable bonds is 1. The monoisotopic (exact) mass is 259 g/mol. The van der Waals surface area contributed by atoms with Crippen LogP contribution in [-0.4, -0.2) is 35.4 Å². The highest BCUT2D eigenvalue weighted by Crippen LogP contribution is 2.36. The van der Waals surface area contributed by atoms with E-state index in [9.17, 15) is 5.11 Å². The van der Waals surface area contributed by atoms with Gasteiger partial charge in [0, 0.05) is 23.8 Å². The summed E-state index contributed by atoms with van der Waals surface area (Å²) in [7, 11) is 0. The van der Waals surface area contributed by atoms with Crippen molar-refractivity contribution in [2.75, 3.05) is 13.2 Å². The summed E-state index contributed by atoms with van der Waals surface area (Å²) in [6.45, 7) is 3.13. The standard InChI is InChI=1S/C14H17N3O2/c1-9-2-10(6-16-13(9)5-15)14(18)3-11-7-19-8-12(4-14)17-11/h2,6,11-12,17-18H,3-4,7-8H2,1H3. The van der Waals surface area contributed by atoms with Crippen LogP contribution in [0.4, 0.5) is 0 Å². The summed E-state index contributed by atoms with van der Waals surface area (Å²) in [6, 6.07) is 4.31. The average Bonchev–Trinajstić information content (AvgIpc) is 2.38. The minimum absolute atomic E-state index is 0.188. The maximum Gasteiger partial charge on any atom is 0.143 e. The minimum Gasteiger partial charge on any atom is -0.385 e. The van der Waals surface area contributed by atoms with E-state index < -0.39 is 5.60 Å². The highest BCUT2D eigenvalue weighted by atomic mass is 16.5. The Bertz CT molecular complexity index is 526. The van der Waals surface area contributed by atoms with Crippen molar-refractivity contribution in [3.05, 3.63) is 29.1 Å². The molecule has 3 rings (SSSR count). The molecule has 5 heteroatoms.